The number of ether oxygens (including phenoxy) is 5. The van der Waals surface area contributed by atoms with E-state index in [0.29, 0.717) is 44.0 Å². The summed E-state index contributed by atoms with van der Waals surface area (Å²) < 4.78 is 27.8. The van der Waals surface area contributed by atoms with Gasteiger partial charge in [-0.1, -0.05) is 68.3 Å². The van der Waals surface area contributed by atoms with Gasteiger partial charge in [-0.15, -0.1) is 0 Å². The van der Waals surface area contributed by atoms with Crippen molar-refractivity contribution in [2.45, 2.75) is 27.7 Å². The van der Waals surface area contributed by atoms with Gasteiger partial charge in [0.05, 0.1) is 35.5 Å². The van der Waals surface area contributed by atoms with Crippen molar-refractivity contribution in [1.29, 1.82) is 0 Å². The van der Waals surface area contributed by atoms with Crippen molar-refractivity contribution in [1.82, 2.24) is 0 Å². The highest BCUT2D eigenvalue weighted by Crippen LogP contribution is 2.33. The van der Waals surface area contributed by atoms with E-state index >= 15 is 0 Å². The summed E-state index contributed by atoms with van der Waals surface area (Å²) in [5.41, 5.74) is 6.42. The summed E-state index contributed by atoms with van der Waals surface area (Å²) in [6.07, 6.45) is 6.78. The number of halogens is 3. The molecule has 6 aromatic carbocycles. The minimum Gasteiger partial charge on any atom is -0.504 e. The van der Waals surface area contributed by atoms with Crippen molar-refractivity contribution in [2.24, 2.45) is 0 Å². The molecule has 0 amide bonds. The van der Waals surface area contributed by atoms with E-state index in [2.05, 4.69) is 47.8 Å². The van der Waals surface area contributed by atoms with Crippen LogP contribution in [0.25, 0.3) is 12.2 Å². The fraction of sp³-hybridized carbons (Fsp3) is 0.170. The van der Waals surface area contributed by atoms with Gasteiger partial charge in [-0.05, 0) is 150 Å². The maximum Gasteiger partial charge on any atom is 0.187 e. The highest BCUT2D eigenvalue weighted by molar-refractivity contribution is 9.11. The van der Waals surface area contributed by atoms with Crippen molar-refractivity contribution in [3.05, 3.63) is 167 Å². The largest absolute Gasteiger partial charge is 0.504 e. The van der Waals surface area contributed by atoms with Crippen LogP contribution in [-0.4, -0.2) is 79.6 Å². The van der Waals surface area contributed by atoms with Crippen LogP contribution >= 0.6 is 47.8 Å². The second kappa shape index (κ2) is 27.2. The lowest BCUT2D eigenvalue weighted by Crippen LogP contribution is -1.98. The average Bonchev–Trinajstić information content (AvgIpc) is 3.32. The third-order valence-electron chi connectivity index (χ3n) is 9.77. The van der Waals surface area contributed by atoms with Crippen LogP contribution in [0.3, 0.4) is 0 Å². The van der Waals surface area contributed by atoms with E-state index in [9.17, 15) is 39.6 Å². The smallest absolute Gasteiger partial charge is 0.187 e. The monoisotopic (exact) mass is 1130 g/mol. The number of carbonyl (C=O) groups is 4. The summed E-state index contributed by atoms with van der Waals surface area (Å²) in [7, 11) is 7.94. The zero-order chi connectivity index (χ0) is 51.5. The molecule has 0 heterocycles. The Hall–Kier alpha value is -6.88. The molecule has 0 aliphatic heterocycles. The van der Waals surface area contributed by atoms with E-state index in [1.54, 1.807) is 72.0 Å². The molecule has 0 atom stereocenters. The zero-order valence-electron chi connectivity index (χ0n) is 39.1. The first kappa shape index (κ1) is 56.4. The third kappa shape index (κ3) is 16.4. The number of Topliss-reactive ketones (excluding diaryl/α,β-unsaturated/α-hetero) is 1. The van der Waals surface area contributed by atoms with Gasteiger partial charge < -0.3 is 44.1 Å². The summed E-state index contributed by atoms with van der Waals surface area (Å²) in [4.78, 5) is 46.0. The summed E-state index contributed by atoms with van der Waals surface area (Å²) in [6, 6.07) is 24.6. The Morgan fingerprint density at radius 3 is 1.35 bits per heavy atom. The summed E-state index contributed by atoms with van der Waals surface area (Å²) in [6.45, 7) is 7.34. The molecule has 4 N–H and O–H groups in total. The minimum atomic E-state index is -0.398. The zero-order valence-corrected chi connectivity index (χ0v) is 43.9. The molecule has 0 saturated heterocycles. The molecule has 6 aromatic rings. The summed E-state index contributed by atoms with van der Waals surface area (Å²) in [5, 5.41) is 37.3. The number of methoxy groups -OCH3 is 5. The lowest BCUT2D eigenvalue weighted by Gasteiger charge is -2.09. The Balaban J connectivity index is 0.000000255. The fourth-order valence-electron chi connectivity index (χ4n) is 5.98. The SMILES string of the molecule is COc1cc(C(=O)/C=C/c2ccc(OC)c(OC)c2)c(Br)cc1C.COc1cc(C(C)=O)c(Br)cc1C.COc1cc(C=O)ccc1C.O=C(/C=C/c1ccc(O)c(O)c1)c1cc(O)c(O)cc1Br. The Labute approximate surface area is 426 Å². The molecule has 0 aromatic heterocycles. The predicted octanol–water partition coefficient (Wildman–Crippen LogP) is 12.6. The molecular weight excluding hydrogens is 1080 g/mol. The first-order valence-corrected chi connectivity index (χ1v) is 22.8. The van der Waals surface area contributed by atoms with Gasteiger partial charge >= 0.3 is 0 Å². The van der Waals surface area contributed by atoms with Gasteiger partial charge in [0.25, 0.3) is 0 Å². The van der Waals surface area contributed by atoms with Gasteiger partial charge in [0.15, 0.2) is 51.8 Å². The average molecular weight is 1140 g/mol. The number of benzene rings is 6. The van der Waals surface area contributed by atoms with Crippen LogP contribution in [0.2, 0.25) is 0 Å². The van der Waals surface area contributed by atoms with E-state index in [1.165, 1.54) is 49.4 Å². The fourth-order valence-corrected chi connectivity index (χ4v) is 7.90. The van der Waals surface area contributed by atoms with Crippen LogP contribution in [0.4, 0.5) is 0 Å². The topological polar surface area (TPSA) is 195 Å². The maximum atomic E-state index is 12.5. The van der Waals surface area contributed by atoms with Crippen LogP contribution < -0.4 is 23.7 Å². The molecule has 0 radical (unpaired) electrons. The van der Waals surface area contributed by atoms with Crippen molar-refractivity contribution >= 4 is 83.6 Å². The highest BCUT2D eigenvalue weighted by atomic mass is 79.9. The normalized spacial score (nSPS) is 10.4. The van der Waals surface area contributed by atoms with Crippen LogP contribution in [0.15, 0.2) is 117 Å². The molecule has 6 rings (SSSR count). The summed E-state index contributed by atoms with van der Waals surface area (Å²) >= 11 is 9.90. The molecule has 0 aliphatic rings. The number of rotatable bonds is 13. The first-order valence-electron chi connectivity index (χ1n) is 20.4. The molecule has 0 aliphatic carbocycles. The number of phenols is 4. The van der Waals surface area contributed by atoms with Crippen LogP contribution in [0.1, 0.15) is 76.2 Å². The van der Waals surface area contributed by atoms with Crippen LogP contribution in [0.5, 0.6) is 51.7 Å². The third-order valence-corrected chi connectivity index (χ3v) is 11.7. The van der Waals surface area contributed by atoms with Crippen molar-refractivity contribution in [3.63, 3.8) is 0 Å². The first-order chi connectivity index (χ1) is 32.7. The molecule has 0 bridgehead atoms. The summed E-state index contributed by atoms with van der Waals surface area (Å²) in [5.74, 6) is 1.71. The number of allylic oxidation sites excluding steroid dienone is 2. The Morgan fingerprint density at radius 1 is 0.435 bits per heavy atom. The quantitative estimate of drug-likeness (QED) is 0.0369. The van der Waals surface area contributed by atoms with E-state index in [4.69, 9.17) is 23.7 Å². The van der Waals surface area contributed by atoms with Crippen molar-refractivity contribution < 1.29 is 63.3 Å². The molecule has 0 fully saturated rings. The lowest BCUT2D eigenvalue weighted by molar-refractivity contribution is 0.101. The Morgan fingerprint density at radius 2 is 0.841 bits per heavy atom. The Bertz CT molecular complexity index is 2870. The highest BCUT2D eigenvalue weighted by Gasteiger charge is 2.14. The van der Waals surface area contributed by atoms with E-state index in [0.717, 1.165) is 55.1 Å². The molecule has 69 heavy (non-hydrogen) atoms. The van der Waals surface area contributed by atoms with Gasteiger partial charge in [0, 0.05) is 35.7 Å². The minimum absolute atomic E-state index is 0.0326. The number of hydrogen-bond donors (Lipinski definition) is 4. The Kier molecular flexibility index (Phi) is 22.3. The maximum absolute atomic E-state index is 12.5. The molecular formula is C53H51Br3O13. The second-order valence-corrected chi connectivity index (χ2v) is 17.1. The molecule has 362 valence electrons. The number of aldehydes is 1. The number of hydrogen-bond acceptors (Lipinski definition) is 13. The molecule has 16 heteroatoms. The van der Waals surface area contributed by atoms with Crippen molar-refractivity contribution in [2.75, 3.05) is 35.5 Å². The van der Waals surface area contributed by atoms with Gasteiger partial charge in [0.2, 0.25) is 0 Å². The lowest BCUT2D eigenvalue weighted by atomic mass is 10.1. The van der Waals surface area contributed by atoms with E-state index < -0.39 is 11.5 Å². The number of aryl methyl sites for hydroxylation is 3. The van der Waals surface area contributed by atoms with Gasteiger partial charge in [0.1, 0.15) is 23.5 Å². The van der Waals surface area contributed by atoms with Crippen LogP contribution in [-0.2, 0) is 0 Å². The molecule has 0 saturated carbocycles. The number of carbonyl (C=O) groups excluding carboxylic acids is 4. The predicted molar refractivity (Wildman–Crippen MR) is 278 cm³/mol. The van der Waals surface area contributed by atoms with Crippen molar-refractivity contribution in [3.8, 4) is 51.7 Å². The van der Waals surface area contributed by atoms with Gasteiger partial charge in [-0.2, -0.15) is 0 Å². The van der Waals surface area contributed by atoms with E-state index in [1.807, 2.05) is 51.1 Å². The van der Waals surface area contributed by atoms with Crippen LogP contribution in [0, 0.1) is 20.8 Å². The standard InChI is InChI=1S/C19H19BrO4.C15H11BrO5.C10H11BrO2.C9H10O2/c1-12-9-15(20)14(11-18(12)23-3)16(21)7-5-13-6-8-17(22-2)19(10-13)24-4;16-10-7-15(21)14(20)6-9(10)11(17)3-1-8-2-4-12(18)13(19)5-8;1-6-4-9(11)8(7(2)12)5-10(6)13-3;1-7-3-4-8(6-10)5-9(7)11-2/h5-11H,1-4H3;1-7,18-21H;4-5H,1-3H3;3-6H,1-2H3/b7-5+;3-1+;;. The number of ketones is 3. The van der Waals surface area contributed by atoms with E-state index in [-0.39, 0.29) is 34.4 Å². The second-order valence-electron chi connectivity index (χ2n) is 14.6. The van der Waals surface area contributed by atoms with Gasteiger partial charge in [-0.25, -0.2) is 0 Å². The number of phenolic OH excluding ortho intramolecular Hbond substituents is 4. The molecule has 0 spiro atoms. The molecule has 13 nitrogen and oxygen atoms in total. The molecule has 0 unspecified atom stereocenters. The number of aromatic hydroxyl groups is 4. The van der Waals surface area contributed by atoms with Gasteiger partial charge in [-0.3, -0.25) is 19.2 Å².